The quantitative estimate of drug-likeness (QED) is 0.688. The number of hydrogen-bond acceptors (Lipinski definition) is 6. The molecule has 0 saturated carbocycles. The highest BCUT2D eigenvalue weighted by Crippen LogP contribution is 2.28. The van der Waals surface area contributed by atoms with Crippen LogP contribution in [0.3, 0.4) is 0 Å². The minimum atomic E-state index is -0.103. The van der Waals surface area contributed by atoms with Crippen molar-refractivity contribution in [2.45, 2.75) is 19.8 Å². The molecule has 25 heavy (non-hydrogen) atoms. The highest BCUT2D eigenvalue weighted by atomic mass is 32.1. The van der Waals surface area contributed by atoms with Gasteiger partial charge in [-0.25, -0.2) is 9.97 Å². The standard InChI is InChI=1S/C17H17N5O2S/c1-9-19-12-6-8-22(7-5-10(12)15(23)20-9)16(24)11-3-2-4-13-14(11)25-17(18)21-13/h2-4H,5-8H2,1H3,(H2,18,21)(H,19,20,23). The van der Waals surface area contributed by atoms with E-state index < -0.39 is 0 Å². The molecule has 0 spiro atoms. The SMILES string of the molecule is Cc1nc2c(c(=O)[nH]1)CCN(C(=O)c1cccc3nc(N)sc13)CC2. The summed E-state index contributed by atoms with van der Waals surface area (Å²) >= 11 is 1.32. The molecule has 1 amide bonds. The van der Waals surface area contributed by atoms with Gasteiger partial charge in [-0.3, -0.25) is 9.59 Å². The van der Waals surface area contributed by atoms with Gasteiger partial charge in [0.05, 0.1) is 21.5 Å². The number of hydrogen-bond donors (Lipinski definition) is 2. The Morgan fingerprint density at radius 3 is 2.92 bits per heavy atom. The molecule has 1 aromatic carbocycles. The summed E-state index contributed by atoms with van der Waals surface area (Å²) in [6.07, 6.45) is 1.08. The molecule has 0 radical (unpaired) electrons. The minimum Gasteiger partial charge on any atom is -0.375 e. The summed E-state index contributed by atoms with van der Waals surface area (Å²) in [5, 5.41) is 0.449. The Labute approximate surface area is 147 Å². The van der Waals surface area contributed by atoms with Gasteiger partial charge in [0.2, 0.25) is 0 Å². The van der Waals surface area contributed by atoms with E-state index >= 15 is 0 Å². The normalized spacial score (nSPS) is 14.4. The number of rotatable bonds is 1. The molecule has 0 bridgehead atoms. The summed E-state index contributed by atoms with van der Waals surface area (Å²) in [5.41, 5.74) is 8.50. The molecule has 0 unspecified atom stereocenters. The molecule has 8 heteroatoms. The van der Waals surface area contributed by atoms with Gasteiger partial charge in [0.1, 0.15) is 5.82 Å². The van der Waals surface area contributed by atoms with Crippen molar-refractivity contribution in [1.82, 2.24) is 19.9 Å². The van der Waals surface area contributed by atoms with E-state index in [4.69, 9.17) is 5.73 Å². The molecular formula is C17H17N5O2S. The van der Waals surface area contributed by atoms with Crippen LogP contribution in [0.25, 0.3) is 10.2 Å². The first-order valence-corrected chi connectivity index (χ1v) is 8.87. The largest absolute Gasteiger partial charge is 0.375 e. The van der Waals surface area contributed by atoms with Crippen LogP contribution in [-0.2, 0) is 12.8 Å². The van der Waals surface area contributed by atoms with E-state index in [9.17, 15) is 9.59 Å². The number of nitrogens with one attached hydrogen (secondary N) is 1. The Hall–Kier alpha value is -2.74. The lowest BCUT2D eigenvalue weighted by Crippen LogP contribution is -2.33. The second-order valence-electron chi connectivity index (χ2n) is 6.07. The molecule has 3 aromatic rings. The molecule has 1 aliphatic heterocycles. The second-order valence-corrected chi connectivity index (χ2v) is 7.11. The number of amides is 1. The first-order valence-electron chi connectivity index (χ1n) is 8.06. The van der Waals surface area contributed by atoms with E-state index in [-0.39, 0.29) is 11.5 Å². The van der Waals surface area contributed by atoms with Crippen LogP contribution in [0.1, 0.15) is 27.4 Å². The number of benzene rings is 1. The zero-order valence-electron chi connectivity index (χ0n) is 13.7. The number of carbonyl (C=O) groups excluding carboxylic acids is 1. The summed E-state index contributed by atoms with van der Waals surface area (Å²) < 4.78 is 0.804. The number of thiazole rings is 1. The molecule has 2 aromatic heterocycles. The molecular weight excluding hydrogens is 338 g/mol. The van der Waals surface area contributed by atoms with Crippen molar-refractivity contribution in [3.63, 3.8) is 0 Å². The number of anilines is 1. The molecule has 3 N–H and O–H groups in total. The topological polar surface area (TPSA) is 105 Å². The zero-order chi connectivity index (χ0) is 17.6. The average molecular weight is 355 g/mol. The Balaban J connectivity index is 1.66. The van der Waals surface area contributed by atoms with E-state index in [1.54, 1.807) is 17.9 Å². The van der Waals surface area contributed by atoms with Crippen molar-refractivity contribution >= 4 is 32.6 Å². The molecule has 7 nitrogen and oxygen atoms in total. The number of aromatic amines is 1. The number of nitrogens with two attached hydrogens (primary N) is 1. The van der Waals surface area contributed by atoms with E-state index in [0.717, 1.165) is 15.9 Å². The van der Waals surface area contributed by atoms with E-state index in [0.29, 0.717) is 48.0 Å². The predicted octanol–water partition coefficient (Wildman–Crippen LogP) is 1.51. The van der Waals surface area contributed by atoms with Crippen molar-refractivity contribution in [3.8, 4) is 0 Å². The molecule has 0 aliphatic carbocycles. The summed E-state index contributed by atoms with van der Waals surface area (Å²) in [4.78, 5) is 38.4. The van der Waals surface area contributed by atoms with Gasteiger partial charge >= 0.3 is 0 Å². The molecule has 3 heterocycles. The summed E-state index contributed by atoms with van der Waals surface area (Å²) in [7, 11) is 0. The van der Waals surface area contributed by atoms with Crippen LogP contribution >= 0.6 is 11.3 Å². The lowest BCUT2D eigenvalue weighted by molar-refractivity contribution is 0.0765. The van der Waals surface area contributed by atoms with Crippen LogP contribution < -0.4 is 11.3 Å². The van der Waals surface area contributed by atoms with Crippen LogP contribution in [0, 0.1) is 6.92 Å². The number of fused-ring (bicyclic) bond motifs is 2. The van der Waals surface area contributed by atoms with Crippen LogP contribution in [0.2, 0.25) is 0 Å². The Bertz CT molecular complexity index is 1040. The maximum absolute atomic E-state index is 13.0. The van der Waals surface area contributed by atoms with Crippen molar-refractivity contribution in [2.24, 2.45) is 0 Å². The number of aromatic nitrogens is 3. The predicted molar refractivity (Wildman–Crippen MR) is 96.9 cm³/mol. The van der Waals surface area contributed by atoms with Crippen LogP contribution in [-0.4, -0.2) is 38.8 Å². The highest BCUT2D eigenvalue weighted by Gasteiger charge is 2.24. The Kier molecular flexibility index (Phi) is 3.76. The van der Waals surface area contributed by atoms with Crippen molar-refractivity contribution < 1.29 is 4.79 Å². The molecule has 4 rings (SSSR count). The van der Waals surface area contributed by atoms with Gasteiger partial charge in [-0.05, 0) is 25.5 Å². The highest BCUT2D eigenvalue weighted by molar-refractivity contribution is 7.22. The smallest absolute Gasteiger partial charge is 0.255 e. The average Bonchev–Trinajstić information content (AvgIpc) is 2.82. The third-order valence-corrected chi connectivity index (χ3v) is 5.35. The van der Waals surface area contributed by atoms with Crippen LogP contribution in [0.5, 0.6) is 0 Å². The van der Waals surface area contributed by atoms with Gasteiger partial charge in [0, 0.05) is 25.1 Å². The van der Waals surface area contributed by atoms with Gasteiger partial charge in [-0.15, -0.1) is 0 Å². The lowest BCUT2D eigenvalue weighted by Gasteiger charge is -2.20. The summed E-state index contributed by atoms with van der Waals surface area (Å²) in [6, 6.07) is 5.47. The number of nitrogen functional groups attached to an aromatic ring is 1. The van der Waals surface area contributed by atoms with Gasteiger partial charge < -0.3 is 15.6 Å². The Morgan fingerprint density at radius 2 is 2.08 bits per heavy atom. The fourth-order valence-electron chi connectivity index (χ4n) is 3.24. The third-order valence-electron chi connectivity index (χ3n) is 4.42. The van der Waals surface area contributed by atoms with Crippen LogP contribution in [0.15, 0.2) is 23.0 Å². The molecule has 0 atom stereocenters. The van der Waals surface area contributed by atoms with Gasteiger partial charge in [-0.1, -0.05) is 17.4 Å². The van der Waals surface area contributed by atoms with Crippen molar-refractivity contribution in [3.05, 3.63) is 51.2 Å². The second kappa shape index (κ2) is 5.96. The van der Waals surface area contributed by atoms with E-state index in [2.05, 4.69) is 15.0 Å². The third kappa shape index (κ3) is 2.78. The van der Waals surface area contributed by atoms with E-state index in [1.807, 2.05) is 12.1 Å². The van der Waals surface area contributed by atoms with Crippen molar-refractivity contribution in [1.29, 1.82) is 0 Å². The monoisotopic (exact) mass is 355 g/mol. The lowest BCUT2D eigenvalue weighted by atomic mass is 10.1. The molecule has 0 fully saturated rings. The molecule has 128 valence electrons. The maximum atomic E-state index is 13.0. The zero-order valence-corrected chi connectivity index (χ0v) is 14.5. The number of aryl methyl sites for hydroxylation is 1. The molecule has 0 saturated heterocycles. The number of nitrogens with zero attached hydrogens (tertiary/aromatic N) is 3. The van der Waals surface area contributed by atoms with Crippen molar-refractivity contribution in [2.75, 3.05) is 18.8 Å². The van der Waals surface area contributed by atoms with Gasteiger partial charge in [-0.2, -0.15) is 0 Å². The fourth-order valence-corrected chi connectivity index (χ4v) is 4.08. The first-order chi connectivity index (χ1) is 12.0. The van der Waals surface area contributed by atoms with Crippen LogP contribution in [0.4, 0.5) is 5.13 Å². The summed E-state index contributed by atoms with van der Waals surface area (Å²) in [6.45, 7) is 2.79. The number of H-pyrrole nitrogens is 1. The van der Waals surface area contributed by atoms with E-state index in [1.165, 1.54) is 11.3 Å². The Morgan fingerprint density at radius 1 is 1.28 bits per heavy atom. The fraction of sp³-hybridized carbons (Fsp3) is 0.294. The maximum Gasteiger partial charge on any atom is 0.255 e. The number of carbonyl (C=O) groups is 1. The van der Waals surface area contributed by atoms with Gasteiger partial charge in [0.15, 0.2) is 5.13 Å². The first kappa shape index (κ1) is 15.8. The van der Waals surface area contributed by atoms with Gasteiger partial charge in [0.25, 0.3) is 11.5 Å². The molecule has 1 aliphatic rings. The minimum absolute atomic E-state index is 0.0600. The summed E-state index contributed by atoms with van der Waals surface area (Å²) in [5.74, 6) is 0.545.